The van der Waals surface area contributed by atoms with Crippen LogP contribution in [0.5, 0.6) is 5.88 Å². The van der Waals surface area contributed by atoms with Crippen LogP contribution < -0.4 is 15.4 Å². The van der Waals surface area contributed by atoms with Gasteiger partial charge in [-0.25, -0.2) is 4.98 Å². The molecule has 9 heteroatoms. The normalized spacial score (nSPS) is 19.2. The van der Waals surface area contributed by atoms with Gasteiger partial charge in [-0.2, -0.15) is 14.5 Å². The van der Waals surface area contributed by atoms with Gasteiger partial charge in [0.05, 0.1) is 24.2 Å². The second-order valence-corrected chi connectivity index (χ2v) is 7.90. The first-order valence-electron chi connectivity index (χ1n) is 10.1. The summed E-state index contributed by atoms with van der Waals surface area (Å²) in [6, 6.07) is 0.461. The number of hydrogen-bond donors (Lipinski definition) is 2. The Hall–Kier alpha value is -2.71. The van der Waals surface area contributed by atoms with Crippen molar-refractivity contribution in [3.8, 4) is 5.88 Å². The Morgan fingerprint density at radius 3 is 2.69 bits per heavy atom. The summed E-state index contributed by atoms with van der Waals surface area (Å²) in [5, 5.41) is 10.5. The van der Waals surface area contributed by atoms with Crippen molar-refractivity contribution < 1.29 is 13.9 Å². The van der Waals surface area contributed by atoms with Crippen molar-refractivity contribution >= 4 is 17.5 Å². The Morgan fingerprint density at radius 1 is 1.34 bits per heavy atom. The van der Waals surface area contributed by atoms with Crippen molar-refractivity contribution in [1.29, 1.82) is 0 Å². The minimum Gasteiger partial charge on any atom is -0.475 e. The number of aromatic nitrogens is 4. The molecule has 1 aliphatic rings. The molecule has 0 atom stereocenters. The zero-order chi connectivity index (χ0) is 21.0. The third-order valence-electron chi connectivity index (χ3n) is 5.11. The molecule has 1 amide bonds. The standard InChI is InChI=1S/C20H29FN6O2/c1-12(2)27-10-18(13(3)26-27)24-20-22-9-17(21)19(25-20)29-11-15-5-7-16(8-6-15)23-14(4)28/h9-10,12,15-16H,5-8,11H2,1-4H3,(H,23,28)(H,22,24,25). The smallest absolute Gasteiger partial charge is 0.255 e. The van der Waals surface area contributed by atoms with Crippen LogP contribution in [0.4, 0.5) is 16.0 Å². The van der Waals surface area contributed by atoms with Gasteiger partial charge in [0.1, 0.15) is 0 Å². The molecule has 1 aliphatic carbocycles. The summed E-state index contributed by atoms with van der Waals surface area (Å²) in [6.45, 7) is 7.90. The van der Waals surface area contributed by atoms with E-state index in [1.807, 2.05) is 31.6 Å². The molecule has 0 aromatic carbocycles. The molecule has 0 saturated heterocycles. The van der Waals surface area contributed by atoms with Crippen LogP contribution >= 0.6 is 0 Å². The molecule has 1 saturated carbocycles. The SMILES string of the molecule is CC(=O)NC1CCC(COc2nc(Nc3cn(C(C)C)nc3C)ncc2F)CC1. The van der Waals surface area contributed by atoms with Gasteiger partial charge < -0.3 is 15.4 Å². The maximum Gasteiger partial charge on any atom is 0.255 e. The number of rotatable bonds is 7. The van der Waals surface area contributed by atoms with E-state index in [9.17, 15) is 9.18 Å². The maximum atomic E-state index is 14.1. The van der Waals surface area contributed by atoms with Gasteiger partial charge in [-0.3, -0.25) is 9.48 Å². The molecule has 0 aliphatic heterocycles. The summed E-state index contributed by atoms with van der Waals surface area (Å²) in [7, 11) is 0. The fraction of sp³-hybridized carbons (Fsp3) is 0.600. The number of nitrogens with zero attached hydrogens (tertiary/aromatic N) is 4. The lowest BCUT2D eigenvalue weighted by Crippen LogP contribution is -2.37. The molecule has 158 valence electrons. The van der Waals surface area contributed by atoms with E-state index in [2.05, 4.69) is 25.7 Å². The zero-order valence-electron chi connectivity index (χ0n) is 17.4. The molecule has 2 heterocycles. The summed E-state index contributed by atoms with van der Waals surface area (Å²) in [5.41, 5.74) is 1.58. The van der Waals surface area contributed by atoms with Crippen LogP contribution in [0.3, 0.4) is 0 Å². The van der Waals surface area contributed by atoms with Crippen molar-refractivity contribution in [3.63, 3.8) is 0 Å². The van der Waals surface area contributed by atoms with Gasteiger partial charge in [0.15, 0.2) is 0 Å². The number of hydrogen-bond acceptors (Lipinski definition) is 6. The van der Waals surface area contributed by atoms with Gasteiger partial charge in [-0.05, 0) is 52.4 Å². The van der Waals surface area contributed by atoms with Crippen molar-refractivity contribution in [2.75, 3.05) is 11.9 Å². The predicted octanol–water partition coefficient (Wildman–Crippen LogP) is 3.52. The van der Waals surface area contributed by atoms with Crippen molar-refractivity contribution in [2.45, 2.75) is 65.5 Å². The van der Waals surface area contributed by atoms with Crippen LogP contribution in [-0.4, -0.2) is 38.3 Å². The van der Waals surface area contributed by atoms with Crippen LogP contribution in [0.2, 0.25) is 0 Å². The Kier molecular flexibility index (Phi) is 6.66. The molecular weight excluding hydrogens is 375 g/mol. The molecule has 2 aromatic rings. The molecule has 1 fully saturated rings. The summed E-state index contributed by atoms with van der Waals surface area (Å²) >= 11 is 0. The van der Waals surface area contributed by atoms with E-state index in [1.54, 1.807) is 0 Å². The number of nitrogens with one attached hydrogen (secondary N) is 2. The minimum absolute atomic E-state index is 0.00181. The van der Waals surface area contributed by atoms with Crippen LogP contribution in [-0.2, 0) is 4.79 Å². The first kappa shape index (κ1) is 21.0. The first-order valence-corrected chi connectivity index (χ1v) is 10.1. The Bertz CT molecular complexity index is 845. The van der Waals surface area contributed by atoms with Crippen molar-refractivity contribution in [2.24, 2.45) is 5.92 Å². The van der Waals surface area contributed by atoms with Crippen LogP contribution in [0.25, 0.3) is 0 Å². The Balaban J connectivity index is 1.58. The molecular formula is C20H29FN6O2. The highest BCUT2D eigenvalue weighted by molar-refractivity contribution is 5.73. The minimum atomic E-state index is -0.586. The van der Waals surface area contributed by atoms with E-state index in [0.29, 0.717) is 12.5 Å². The average Bonchev–Trinajstić information content (AvgIpc) is 3.04. The van der Waals surface area contributed by atoms with Crippen LogP contribution in [0.15, 0.2) is 12.4 Å². The number of anilines is 2. The Morgan fingerprint density at radius 2 is 2.07 bits per heavy atom. The lowest BCUT2D eigenvalue weighted by Gasteiger charge is -2.28. The van der Waals surface area contributed by atoms with Gasteiger partial charge in [0.25, 0.3) is 5.88 Å². The summed E-state index contributed by atoms with van der Waals surface area (Å²) in [6.07, 6.45) is 6.66. The lowest BCUT2D eigenvalue weighted by molar-refractivity contribution is -0.119. The summed E-state index contributed by atoms with van der Waals surface area (Å²) in [4.78, 5) is 19.4. The van der Waals surface area contributed by atoms with Gasteiger partial charge in [-0.15, -0.1) is 0 Å². The lowest BCUT2D eigenvalue weighted by atomic mass is 9.86. The van der Waals surface area contributed by atoms with E-state index in [0.717, 1.165) is 43.3 Å². The predicted molar refractivity (Wildman–Crippen MR) is 108 cm³/mol. The van der Waals surface area contributed by atoms with Crippen LogP contribution in [0, 0.1) is 18.7 Å². The highest BCUT2D eigenvalue weighted by atomic mass is 19.1. The first-order chi connectivity index (χ1) is 13.8. The molecule has 0 spiro atoms. The third-order valence-corrected chi connectivity index (χ3v) is 5.11. The Labute approximate surface area is 170 Å². The van der Waals surface area contributed by atoms with E-state index < -0.39 is 5.82 Å². The van der Waals surface area contributed by atoms with Gasteiger partial charge >= 0.3 is 0 Å². The molecule has 0 unspecified atom stereocenters. The highest BCUT2D eigenvalue weighted by Crippen LogP contribution is 2.26. The van der Waals surface area contributed by atoms with E-state index >= 15 is 0 Å². The number of carbonyl (C=O) groups excluding carboxylic acids is 1. The number of aryl methyl sites for hydroxylation is 1. The fourth-order valence-corrected chi connectivity index (χ4v) is 3.46. The van der Waals surface area contributed by atoms with Crippen molar-refractivity contribution in [3.05, 3.63) is 23.9 Å². The van der Waals surface area contributed by atoms with Gasteiger partial charge in [-0.1, -0.05) is 0 Å². The number of ether oxygens (including phenoxy) is 1. The highest BCUT2D eigenvalue weighted by Gasteiger charge is 2.23. The van der Waals surface area contributed by atoms with E-state index in [-0.39, 0.29) is 29.8 Å². The number of carbonyl (C=O) groups is 1. The molecule has 0 bridgehead atoms. The molecule has 3 rings (SSSR count). The number of amides is 1. The fourth-order valence-electron chi connectivity index (χ4n) is 3.46. The van der Waals surface area contributed by atoms with E-state index in [4.69, 9.17) is 4.74 Å². The van der Waals surface area contributed by atoms with E-state index in [1.165, 1.54) is 6.92 Å². The molecule has 0 radical (unpaired) electrons. The van der Waals surface area contributed by atoms with Gasteiger partial charge in [0.2, 0.25) is 17.7 Å². The zero-order valence-corrected chi connectivity index (χ0v) is 17.4. The molecule has 8 nitrogen and oxygen atoms in total. The van der Waals surface area contributed by atoms with Gasteiger partial charge in [0, 0.05) is 25.2 Å². The second kappa shape index (κ2) is 9.19. The second-order valence-electron chi connectivity index (χ2n) is 7.90. The summed E-state index contributed by atoms with van der Waals surface area (Å²) < 4.78 is 21.6. The van der Waals surface area contributed by atoms with Crippen molar-refractivity contribution in [1.82, 2.24) is 25.1 Å². The maximum absolute atomic E-state index is 14.1. The molecule has 2 N–H and O–H groups in total. The number of halogens is 1. The largest absolute Gasteiger partial charge is 0.475 e. The topological polar surface area (TPSA) is 94.0 Å². The third kappa shape index (κ3) is 5.65. The monoisotopic (exact) mass is 404 g/mol. The quantitative estimate of drug-likeness (QED) is 0.733. The molecule has 29 heavy (non-hydrogen) atoms. The molecule has 2 aromatic heterocycles. The average molecular weight is 404 g/mol. The van der Waals surface area contributed by atoms with Crippen LogP contribution in [0.1, 0.15) is 58.2 Å². The summed E-state index contributed by atoms with van der Waals surface area (Å²) in [5.74, 6) is -0.0566.